The van der Waals surface area contributed by atoms with Crippen LogP contribution in [0.25, 0.3) is 0 Å². The lowest BCUT2D eigenvalue weighted by molar-refractivity contribution is -0.118. The summed E-state index contributed by atoms with van der Waals surface area (Å²) in [7, 11) is 0. The van der Waals surface area contributed by atoms with Crippen LogP contribution in [0, 0.1) is 0 Å². The van der Waals surface area contributed by atoms with Gasteiger partial charge in [0.1, 0.15) is 0 Å². The van der Waals surface area contributed by atoms with Gasteiger partial charge in [-0.3, -0.25) is 4.79 Å². The highest BCUT2D eigenvalue weighted by atomic mass is 35.5. The van der Waals surface area contributed by atoms with Crippen molar-refractivity contribution in [2.24, 2.45) is 0 Å². The van der Waals surface area contributed by atoms with E-state index in [2.05, 4.69) is 5.32 Å². The fourth-order valence-electron chi connectivity index (χ4n) is 1.98. The third-order valence-electron chi connectivity index (χ3n) is 3.26. The van der Waals surface area contributed by atoms with E-state index in [1.165, 1.54) is 0 Å². The standard InChI is InChI=1S/C18H18Cl3NOS2/c19-15-4-1-13(2-5-15)10-25-12-18(23)22-7-8-24-11-14-3-6-16(20)9-17(14)21/h1-6,9H,7-8,10-12H2,(H,22,23). The zero-order chi connectivity index (χ0) is 18.1. The molecular formula is C18H18Cl3NOS2. The highest BCUT2D eigenvalue weighted by Gasteiger charge is 2.04. The van der Waals surface area contributed by atoms with Crippen molar-refractivity contribution in [2.75, 3.05) is 18.1 Å². The molecule has 0 radical (unpaired) electrons. The molecule has 0 atom stereocenters. The van der Waals surface area contributed by atoms with Crippen molar-refractivity contribution in [3.8, 4) is 0 Å². The Balaban J connectivity index is 1.55. The first kappa shape index (κ1) is 20.8. The van der Waals surface area contributed by atoms with Gasteiger partial charge in [-0.2, -0.15) is 11.8 Å². The number of thioether (sulfide) groups is 2. The van der Waals surface area contributed by atoms with Gasteiger partial charge in [0.25, 0.3) is 0 Å². The van der Waals surface area contributed by atoms with Gasteiger partial charge >= 0.3 is 0 Å². The minimum absolute atomic E-state index is 0.0593. The molecule has 0 saturated carbocycles. The van der Waals surface area contributed by atoms with Crippen molar-refractivity contribution in [3.05, 3.63) is 68.7 Å². The van der Waals surface area contributed by atoms with Crippen LogP contribution >= 0.6 is 58.3 Å². The van der Waals surface area contributed by atoms with Gasteiger partial charge < -0.3 is 5.32 Å². The van der Waals surface area contributed by atoms with Gasteiger partial charge in [0.15, 0.2) is 0 Å². The summed E-state index contributed by atoms with van der Waals surface area (Å²) in [5, 5.41) is 4.98. The second-order valence-electron chi connectivity index (χ2n) is 5.26. The Morgan fingerprint density at radius 2 is 1.64 bits per heavy atom. The van der Waals surface area contributed by atoms with Crippen LogP contribution in [-0.2, 0) is 16.3 Å². The number of benzene rings is 2. The average Bonchev–Trinajstić information content (AvgIpc) is 2.58. The lowest BCUT2D eigenvalue weighted by Gasteiger charge is -2.07. The molecule has 0 aliphatic carbocycles. The Kier molecular flexibility index (Phi) is 9.35. The van der Waals surface area contributed by atoms with Crippen LogP contribution in [-0.4, -0.2) is 24.0 Å². The lowest BCUT2D eigenvalue weighted by atomic mass is 10.2. The number of rotatable bonds is 9. The average molecular weight is 435 g/mol. The smallest absolute Gasteiger partial charge is 0.230 e. The Hall–Kier alpha value is -0.520. The third kappa shape index (κ3) is 8.14. The summed E-state index contributed by atoms with van der Waals surface area (Å²) >= 11 is 21.2. The molecule has 0 unspecified atom stereocenters. The van der Waals surface area contributed by atoms with Crippen LogP contribution in [0.15, 0.2) is 42.5 Å². The molecule has 134 valence electrons. The Morgan fingerprint density at radius 3 is 2.36 bits per heavy atom. The summed E-state index contributed by atoms with van der Waals surface area (Å²) < 4.78 is 0. The monoisotopic (exact) mass is 433 g/mol. The molecule has 0 saturated heterocycles. The second kappa shape index (κ2) is 11.2. The lowest BCUT2D eigenvalue weighted by Crippen LogP contribution is -2.27. The summed E-state index contributed by atoms with van der Waals surface area (Å²) in [5.74, 6) is 2.96. The Bertz CT molecular complexity index is 695. The van der Waals surface area contributed by atoms with Gasteiger partial charge in [-0.25, -0.2) is 0 Å². The molecule has 25 heavy (non-hydrogen) atoms. The summed E-state index contributed by atoms with van der Waals surface area (Å²) in [6.45, 7) is 0.649. The zero-order valence-corrected chi connectivity index (χ0v) is 17.3. The quantitative estimate of drug-likeness (QED) is 0.496. The first-order valence-electron chi connectivity index (χ1n) is 7.65. The van der Waals surface area contributed by atoms with Gasteiger partial charge in [-0.1, -0.05) is 53.0 Å². The van der Waals surface area contributed by atoms with E-state index in [9.17, 15) is 4.79 Å². The molecule has 0 spiro atoms. The van der Waals surface area contributed by atoms with Crippen LogP contribution in [0.4, 0.5) is 0 Å². The van der Waals surface area contributed by atoms with E-state index in [0.29, 0.717) is 22.3 Å². The second-order valence-corrected chi connectivity index (χ2v) is 8.63. The molecule has 2 rings (SSSR count). The topological polar surface area (TPSA) is 29.1 Å². The largest absolute Gasteiger partial charge is 0.355 e. The molecule has 1 amide bonds. The summed E-state index contributed by atoms with van der Waals surface area (Å²) in [4.78, 5) is 11.8. The molecule has 7 heteroatoms. The fraction of sp³-hybridized carbons (Fsp3) is 0.278. The predicted octanol–water partition coefficient (Wildman–Crippen LogP) is 5.93. The SMILES string of the molecule is O=C(CSCc1ccc(Cl)cc1)NCCSCc1ccc(Cl)cc1Cl. The highest BCUT2D eigenvalue weighted by molar-refractivity contribution is 7.99. The van der Waals surface area contributed by atoms with Crippen molar-refractivity contribution < 1.29 is 4.79 Å². The van der Waals surface area contributed by atoms with Crippen LogP contribution in [0.5, 0.6) is 0 Å². The molecule has 0 aliphatic heterocycles. The number of hydrogen-bond acceptors (Lipinski definition) is 3. The number of nitrogens with one attached hydrogen (secondary N) is 1. The van der Waals surface area contributed by atoms with Crippen molar-refractivity contribution in [1.82, 2.24) is 5.32 Å². The van der Waals surface area contributed by atoms with Crippen molar-refractivity contribution in [3.63, 3.8) is 0 Å². The van der Waals surface area contributed by atoms with Crippen LogP contribution in [0.1, 0.15) is 11.1 Å². The van der Waals surface area contributed by atoms with Crippen LogP contribution in [0.2, 0.25) is 15.1 Å². The normalized spacial score (nSPS) is 10.7. The van der Waals surface area contributed by atoms with E-state index in [1.807, 2.05) is 36.4 Å². The summed E-state index contributed by atoms with van der Waals surface area (Å²) in [5.41, 5.74) is 2.22. The maximum Gasteiger partial charge on any atom is 0.230 e. The van der Waals surface area contributed by atoms with Gasteiger partial charge in [-0.05, 0) is 35.4 Å². The number of halogens is 3. The third-order valence-corrected chi connectivity index (χ3v) is 6.11. The molecular weight excluding hydrogens is 417 g/mol. The zero-order valence-electron chi connectivity index (χ0n) is 13.4. The number of carbonyl (C=O) groups excluding carboxylic acids is 1. The van der Waals surface area contributed by atoms with Gasteiger partial charge in [0.2, 0.25) is 5.91 Å². The van der Waals surface area contributed by atoms with Gasteiger partial charge in [0, 0.05) is 38.9 Å². The van der Waals surface area contributed by atoms with Crippen molar-refractivity contribution >= 4 is 64.2 Å². The molecule has 0 aromatic heterocycles. The van der Waals surface area contributed by atoms with Crippen molar-refractivity contribution in [1.29, 1.82) is 0 Å². The molecule has 0 fully saturated rings. The number of hydrogen-bond donors (Lipinski definition) is 1. The van der Waals surface area contributed by atoms with Crippen LogP contribution < -0.4 is 5.32 Å². The van der Waals surface area contributed by atoms with Crippen LogP contribution in [0.3, 0.4) is 0 Å². The molecule has 0 bridgehead atoms. The Labute approximate surface area is 172 Å². The highest BCUT2D eigenvalue weighted by Crippen LogP contribution is 2.24. The van der Waals surface area contributed by atoms with Gasteiger partial charge in [0.05, 0.1) is 5.75 Å². The summed E-state index contributed by atoms with van der Waals surface area (Å²) in [6, 6.07) is 13.2. The molecule has 2 nitrogen and oxygen atoms in total. The van der Waals surface area contributed by atoms with E-state index >= 15 is 0 Å². The number of carbonyl (C=O) groups is 1. The molecule has 0 heterocycles. The first-order valence-corrected chi connectivity index (χ1v) is 11.1. The first-order chi connectivity index (χ1) is 12.0. The van der Waals surface area contributed by atoms with Gasteiger partial charge in [-0.15, -0.1) is 11.8 Å². The molecule has 1 N–H and O–H groups in total. The van der Waals surface area contributed by atoms with E-state index in [0.717, 1.165) is 33.4 Å². The van der Waals surface area contributed by atoms with E-state index in [1.54, 1.807) is 29.6 Å². The summed E-state index contributed by atoms with van der Waals surface area (Å²) in [6.07, 6.45) is 0. The minimum atomic E-state index is 0.0593. The van der Waals surface area contributed by atoms with E-state index in [-0.39, 0.29) is 5.91 Å². The maximum atomic E-state index is 11.8. The van der Waals surface area contributed by atoms with E-state index < -0.39 is 0 Å². The molecule has 2 aromatic carbocycles. The minimum Gasteiger partial charge on any atom is -0.355 e. The fourth-order valence-corrected chi connectivity index (χ4v) is 4.34. The molecule has 2 aromatic rings. The predicted molar refractivity (Wildman–Crippen MR) is 113 cm³/mol. The molecule has 0 aliphatic rings. The number of amides is 1. The van der Waals surface area contributed by atoms with Crippen molar-refractivity contribution in [2.45, 2.75) is 11.5 Å². The Morgan fingerprint density at radius 1 is 0.920 bits per heavy atom. The van der Waals surface area contributed by atoms with E-state index in [4.69, 9.17) is 34.8 Å². The maximum absolute atomic E-state index is 11.8.